The summed E-state index contributed by atoms with van der Waals surface area (Å²) in [7, 11) is 0. The zero-order valence-corrected chi connectivity index (χ0v) is 13.1. The van der Waals surface area contributed by atoms with E-state index in [0.717, 1.165) is 19.2 Å². The Hall–Kier alpha value is -1.00. The second kappa shape index (κ2) is 7.70. The first-order chi connectivity index (χ1) is 9.32. The molecule has 4 heteroatoms. The molecule has 1 N–H and O–H groups in total. The van der Waals surface area contributed by atoms with E-state index in [1.165, 1.54) is 12.1 Å². The lowest BCUT2D eigenvalue weighted by Crippen LogP contribution is -2.41. The van der Waals surface area contributed by atoms with Crippen LogP contribution in [0.2, 0.25) is 0 Å². The van der Waals surface area contributed by atoms with E-state index in [1.54, 1.807) is 0 Å². The van der Waals surface area contributed by atoms with Crippen molar-refractivity contribution >= 4 is 0 Å². The number of nitrogens with zero attached hydrogens (tertiary/aromatic N) is 1. The van der Waals surface area contributed by atoms with Crippen LogP contribution in [0.4, 0.5) is 8.78 Å². The Balaban J connectivity index is 2.55. The fourth-order valence-electron chi connectivity index (χ4n) is 2.48. The molecule has 1 aromatic rings. The van der Waals surface area contributed by atoms with Crippen LogP contribution in [0.1, 0.15) is 46.2 Å². The Bertz CT molecular complexity index is 411. The monoisotopic (exact) mass is 284 g/mol. The third kappa shape index (κ3) is 4.84. The summed E-state index contributed by atoms with van der Waals surface area (Å²) in [6.07, 6.45) is 0. The summed E-state index contributed by atoms with van der Waals surface area (Å²) >= 11 is 0. The van der Waals surface area contributed by atoms with Gasteiger partial charge in [-0.1, -0.05) is 0 Å². The van der Waals surface area contributed by atoms with Crippen molar-refractivity contribution in [3.05, 3.63) is 35.4 Å². The number of hydrogen-bond donors (Lipinski definition) is 1. The molecule has 0 spiro atoms. The van der Waals surface area contributed by atoms with Gasteiger partial charge in [0.05, 0.1) is 0 Å². The van der Waals surface area contributed by atoms with Crippen molar-refractivity contribution < 1.29 is 8.78 Å². The average Bonchev–Trinajstić information content (AvgIpc) is 2.36. The van der Waals surface area contributed by atoms with Crippen LogP contribution in [0.15, 0.2) is 18.2 Å². The smallest absolute Gasteiger partial charge is 0.128 e. The predicted molar refractivity (Wildman–Crippen MR) is 79.8 cm³/mol. The van der Waals surface area contributed by atoms with Crippen molar-refractivity contribution in [2.75, 3.05) is 13.1 Å². The van der Waals surface area contributed by atoms with Crippen molar-refractivity contribution in [1.29, 1.82) is 0 Å². The molecule has 20 heavy (non-hydrogen) atoms. The second-order valence-electron chi connectivity index (χ2n) is 5.77. The van der Waals surface area contributed by atoms with Gasteiger partial charge < -0.3 is 5.32 Å². The van der Waals surface area contributed by atoms with Crippen molar-refractivity contribution in [3.8, 4) is 0 Å². The molecule has 0 aliphatic carbocycles. The van der Waals surface area contributed by atoms with E-state index >= 15 is 0 Å². The maximum absolute atomic E-state index is 13.6. The van der Waals surface area contributed by atoms with Crippen LogP contribution in [0.5, 0.6) is 0 Å². The second-order valence-corrected chi connectivity index (χ2v) is 5.77. The van der Waals surface area contributed by atoms with Gasteiger partial charge in [-0.25, -0.2) is 8.78 Å². The molecule has 0 aromatic heterocycles. The topological polar surface area (TPSA) is 15.3 Å². The summed E-state index contributed by atoms with van der Waals surface area (Å²) in [5.41, 5.74) is 0.380. The number of halogens is 2. The number of benzene rings is 1. The maximum atomic E-state index is 13.6. The van der Waals surface area contributed by atoms with E-state index in [2.05, 4.69) is 37.9 Å². The van der Waals surface area contributed by atoms with E-state index < -0.39 is 5.82 Å². The van der Waals surface area contributed by atoms with E-state index in [0.29, 0.717) is 17.6 Å². The van der Waals surface area contributed by atoms with E-state index in [4.69, 9.17) is 0 Å². The summed E-state index contributed by atoms with van der Waals surface area (Å²) in [5, 5.41) is 3.26. The highest BCUT2D eigenvalue weighted by molar-refractivity contribution is 5.21. The molecule has 0 saturated heterocycles. The van der Waals surface area contributed by atoms with Gasteiger partial charge in [0.25, 0.3) is 0 Å². The minimum atomic E-state index is -0.402. The van der Waals surface area contributed by atoms with Gasteiger partial charge in [0, 0.05) is 36.8 Å². The SMILES string of the molecule is CC(NCCN(C(C)C)C(C)C)c1cc(F)ccc1F. The summed E-state index contributed by atoms with van der Waals surface area (Å²) < 4.78 is 26.8. The summed E-state index contributed by atoms with van der Waals surface area (Å²) in [4.78, 5) is 2.36. The summed E-state index contributed by atoms with van der Waals surface area (Å²) in [6, 6.07) is 4.32. The van der Waals surface area contributed by atoms with Crippen LogP contribution in [0, 0.1) is 11.6 Å². The third-order valence-corrected chi connectivity index (χ3v) is 3.57. The molecule has 0 bridgehead atoms. The first kappa shape index (κ1) is 17.1. The minimum absolute atomic E-state index is 0.202. The van der Waals surface area contributed by atoms with Crippen molar-refractivity contribution in [1.82, 2.24) is 10.2 Å². The molecule has 1 aromatic carbocycles. The highest BCUT2D eigenvalue weighted by Gasteiger charge is 2.15. The highest BCUT2D eigenvalue weighted by Crippen LogP contribution is 2.17. The fraction of sp³-hybridized carbons (Fsp3) is 0.625. The molecule has 2 nitrogen and oxygen atoms in total. The zero-order valence-electron chi connectivity index (χ0n) is 13.1. The minimum Gasteiger partial charge on any atom is -0.309 e. The van der Waals surface area contributed by atoms with E-state index in [-0.39, 0.29) is 11.9 Å². The number of nitrogens with one attached hydrogen (secondary N) is 1. The van der Waals surface area contributed by atoms with Gasteiger partial charge >= 0.3 is 0 Å². The van der Waals surface area contributed by atoms with Crippen LogP contribution in [0.25, 0.3) is 0 Å². The highest BCUT2D eigenvalue weighted by atomic mass is 19.1. The van der Waals surface area contributed by atoms with Crippen LogP contribution < -0.4 is 5.32 Å². The normalized spacial score (nSPS) is 13.5. The van der Waals surface area contributed by atoms with Gasteiger partial charge in [-0.05, 0) is 52.8 Å². The van der Waals surface area contributed by atoms with Gasteiger partial charge in [0.2, 0.25) is 0 Å². The molecular weight excluding hydrogens is 258 g/mol. The summed E-state index contributed by atoms with van der Waals surface area (Å²) in [6.45, 7) is 12.1. The van der Waals surface area contributed by atoms with Crippen LogP contribution in [-0.4, -0.2) is 30.1 Å². The molecule has 0 amide bonds. The molecule has 0 heterocycles. The van der Waals surface area contributed by atoms with Crippen molar-refractivity contribution in [3.63, 3.8) is 0 Å². The molecule has 114 valence electrons. The number of rotatable bonds is 7. The van der Waals surface area contributed by atoms with Crippen LogP contribution in [0.3, 0.4) is 0 Å². The zero-order chi connectivity index (χ0) is 15.3. The van der Waals surface area contributed by atoms with E-state index in [1.807, 2.05) is 6.92 Å². The van der Waals surface area contributed by atoms with Crippen molar-refractivity contribution in [2.24, 2.45) is 0 Å². The van der Waals surface area contributed by atoms with Gasteiger partial charge in [-0.15, -0.1) is 0 Å². The quantitative estimate of drug-likeness (QED) is 0.820. The largest absolute Gasteiger partial charge is 0.309 e. The summed E-state index contributed by atoms with van der Waals surface area (Å²) in [5.74, 6) is -0.767. The van der Waals surface area contributed by atoms with Gasteiger partial charge in [0.15, 0.2) is 0 Å². The lowest BCUT2D eigenvalue weighted by molar-refractivity contribution is 0.174. The Morgan fingerprint density at radius 3 is 2.20 bits per heavy atom. The van der Waals surface area contributed by atoms with Gasteiger partial charge in [-0.3, -0.25) is 4.90 Å². The molecule has 1 atom stereocenters. The lowest BCUT2D eigenvalue weighted by atomic mass is 10.1. The standard InChI is InChI=1S/C16H26F2N2/c1-11(2)20(12(3)4)9-8-19-13(5)15-10-14(17)6-7-16(15)18/h6-7,10-13,19H,8-9H2,1-5H3. The Morgan fingerprint density at radius 1 is 1.05 bits per heavy atom. The Kier molecular flexibility index (Phi) is 6.56. The fourth-order valence-corrected chi connectivity index (χ4v) is 2.48. The third-order valence-electron chi connectivity index (χ3n) is 3.57. The first-order valence-electron chi connectivity index (χ1n) is 7.27. The average molecular weight is 284 g/mol. The molecular formula is C16H26F2N2. The first-order valence-corrected chi connectivity index (χ1v) is 7.27. The number of hydrogen-bond acceptors (Lipinski definition) is 2. The molecule has 0 radical (unpaired) electrons. The molecule has 1 rings (SSSR count). The lowest BCUT2D eigenvalue weighted by Gasteiger charge is -2.31. The molecule has 0 aliphatic rings. The van der Waals surface area contributed by atoms with Gasteiger partial charge in [-0.2, -0.15) is 0 Å². The van der Waals surface area contributed by atoms with Gasteiger partial charge in [0.1, 0.15) is 11.6 Å². The predicted octanol–water partition coefficient (Wildman–Crippen LogP) is 3.73. The molecule has 0 aliphatic heterocycles. The molecule has 0 fully saturated rings. The van der Waals surface area contributed by atoms with Crippen LogP contribution >= 0.6 is 0 Å². The molecule has 0 saturated carbocycles. The van der Waals surface area contributed by atoms with Crippen molar-refractivity contribution in [2.45, 2.75) is 52.7 Å². The van der Waals surface area contributed by atoms with E-state index in [9.17, 15) is 8.78 Å². The maximum Gasteiger partial charge on any atom is 0.128 e. The Morgan fingerprint density at radius 2 is 1.65 bits per heavy atom. The molecule has 1 unspecified atom stereocenters. The Labute approximate surface area is 121 Å². The van der Waals surface area contributed by atoms with Crippen LogP contribution in [-0.2, 0) is 0 Å².